The maximum atomic E-state index is 9.52. The molecule has 0 atom stereocenters. The van der Waals surface area contributed by atoms with Crippen LogP contribution in [0.15, 0.2) is 133 Å². The smallest absolute Gasteiger partial charge is 0.252 e. The molecule has 3 heterocycles. The molecule has 0 bridgehead atoms. The molecule has 3 nitrogen and oxygen atoms in total. The van der Waals surface area contributed by atoms with Crippen molar-refractivity contribution in [2.24, 2.45) is 0 Å². The molecule has 0 unspecified atom stereocenters. The molecule has 0 radical (unpaired) electrons. The van der Waals surface area contributed by atoms with Crippen molar-refractivity contribution in [3.05, 3.63) is 189 Å². The van der Waals surface area contributed by atoms with Crippen LogP contribution in [0.3, 0.4) is 0 Å². The van der Waals surface area contributed by atoms with Crippen LogP contribution in [0.25, 0.3) is 20.2 Å². The van der Waals surface area contributed by atoms with Gasteiger partial charge in [0, 0.05) is 65.1 Å². The predicted molar refractivity (Wildman–Crippen MR) is 369 cm³/mol. The van der Waals surface area contributed by atoms with Gasteiger partial charge in [0.25, 0.3) is 6.71 Å². The van der Waals surface area contributed by atoms with Gasteiger partial charge in [-0.2, -0.15) is 0 Å². The average Bonchev–Trinajstić information content (AvgIpc) is 1.00. The summed E-state index contributed by atoms with van der Waals surface area (Å²) in [5.41, 5.74) is 24.8. The minimum absolute atomic E-state index is 0.0194. The second kappa shape index (κ2) is 18.7. The lowest BCUT2D eigenvalue weighted by Gasteiger charge is -2.48. The highest BCUT2D eigenvalue weighted by atomic mass is 32.1. The minimum Gasteiger partial charge on any atom is -0.311 e. The summed E-state index contributed by atoms with van der Waals surface area (Å²) in [5, 5.41) is 2.50. The molecule has 2 aliphatic heterocycles. The molecular weight excluding hydrogens is 1030 g/mol. The molecule has 13 rings (SSSR count). The number of hydrogen-bond acceptors (Lipinski definition) is 4. The van der Waals surface area contributed by atoms with E-state index in [1.165, 1.54) is 81.2 Å². The van der Waals surface area contributed by atoms with Crippen LogP contribution in [-0.4, -0.2) is 6.71 Å². The van der Waals surface area contributed by atoms with E-state index in [1.807, 2.05) is 11.3 Å². The summed E-state index contributed by atoms with van der Waals surface area (Å²) in [7, 11) is 0. The van der Waals surface area contributed by atoms with Crippen LogP contribution < -0.4 is 31.1 Å². The third-order valence-corrected chi connectivity index (χ3v) is 21.7. The molecular formula is C79H90BN3S. The van der Waals surface area contributed by atoms with Crippen LogP contribution in [-0.2, 0) is 37.9 Å². The largest absolute Gasteiger partial charge is 0.311 e. The van der Waals surface area contributed by atoms with Gasteiger partial charge >= 0.3 is 0 Å². The standard InChI is InChI=1S/C79H90BN3S/c1-47-39-67-71-68(40-47)83(64-34-30-56(75(10,11)12)70-54-23-21-22-24-69(54)84-72(64)70)65-44-53(81(62-32-25-50(41-48(62)2)73(4,5)6)63-33-26-51(42-49(63)3)74(7,8)9)28-31-60(65)80(71)61-45-58-59(79(19,20)38-37-78(58,17)18)46-66(61)82(67)52-27-29-55-57(43-52)77(15,16)36-35-76(55,13)14/h21-34,39-46H,35-38H2,1-20H3/i1D3. The summed E-state index contributed by atoms with van der Waals surface area (Å²) in [6.07, 6.45) is 4.38. The quantitative estimate of drug-likeness (QED) is 0.159. The highest BCUT2D eigenvalue weighted by molar-refractivity contribution is 7.26. The van der Waals surface area contributed by atoms with Crippen molar-refractivity contribution in [1.82, 2.24) is 0 Å². The molecule has 2 aliphatic carbocycles. The molecule has 430 valence electrons. The van der Waals surface area contributed by atoms with Crippen LogP contribution in [0.5, 0.6) is 0 Å². The van der Waals surface area contributed by atoms with E-state index in [9.17, 15) is 4.11 Å². The lowest BCUT2D eigenvalue weighted by molar-refractivity contribution is 0.332. The summed E-state index contributed by atoms with van der Waals surface area (Å²) in [6.45, 7) is 42.0. The monoisotopic (exact) mass is 1130 g/mol. The second-order valence-corrected chi connectivity index (χ2v) is 32.6. The molecule has 9 aromatic rings. The van der Waals surface area contributed by atoms with Gasteiger partial charge in [-0.25, -0.2) is 0 Å². The van der Waals surface area contributed by atoms with E-state index >= 15 is 0 Å². The summed E-state index contributed by atoms with van der Waals surface area (Å²) < 4.78 is 31.0. The van der Waals surface area contributed by atoms with Gasteiger partial charge in [0.05, 0.1) is 10.4 Å². The molecule has 0 spiro atoms. The van der Waals surface area contributed by atoms with Gasteiger partial charge in [-0.15, -0.1) is 11.3 Å². The Hall–Kier alpha value is -6.56. The zero-order valence-corrected chi connectivity index (χ0v) is 54.7. The number of nitrogens with zero attached hydrogens (tertiary/aromatic N) is 3. The maximum Gasteiger partial charge on any atom is 0.252 e. The molecule has 0 amide bonds. The van der Waals surface area contributed by atoms with Gasteiger partial charge in [0.1, 0.15) is 0 Å². The number of rotatable bonds is 5. The lowest BCUT2D eigenvalue weighted by atomic mass is 9.33. The Labute approximate surface area is 512 Å². The van der Waals surface area contributed by atoms with Crippen LogP contribution in [0.4, 0.5) is 51.2 Å². The molecule has 0 N–H and O–H groups in total. The summed E-state index contributed by atoms with van der Waals surface area (Å²) in [5.74, 6) is 0. The molecule has 0 saturated carbocycles. The van der Waals surface area contributed by atoms with E-state index in [4.69, 9.17) is 0 Å². The highest BCUT2D eigenvalue weighted by Crippen LogP contribution is 2.55. The normalized spacial score (nSPS) is 18.1. The summed E-state index contributed by atoms with van der Waals surface area (Å²) >= 11 is 1.85. The first kappa shape index (κ1) is 53.0. The number of hydrogen-bond donors (Lipinski definition) is 0. The third-order valence-electron chi connectivity index (χ3n) is 20.5. The predicted octanol–water partition coefficient (Wildman–Crippen LogP) is 21.1. The van der Waals surface area contributed by atoms with Crippen LogP contribution in [0, 0.1) is 20.7 Å². The Morgan fingerprint density at radius 3 is 1.61 bits per heavy atom. The van der Waals surface area contributed by atoms with Crippen molar-refractivity contribution in [1.29, 1.82) is 0 Å². The van der Waals surface area contributed by atoms with Crippen molar-refractivity contribution in [2.45, 2.75) is 202 Å². The Kier molecular flexibility index (Phi) is 11.8. The molecule has 84 heavy (non-hydrogen) atoms. The Morgan fingerprint density at radius 1 is 0.488 bits per heavy atom. The summed E-state index contributed by atoms with van der Waals surface area (Å²) in [6, 6.07) is 51.5. The van der Waals surface area contributed by atoms with E-state index in [2.05, 4.69) is 280 Å². The summed E-state index contributed by atoms with van der Waals surface area (Å²) in [4.78, 5) is 7.50. The van der Waals surface area contributed by atoms with Gasteiger partial charge in [0.2, 0.25) is 0 Å². The number of fused-ring (bicyclic) bond motifs is 9. The molecule has 0 saturated heterocycles. The molecule has 8 aromatic carbocycles. The lowest BCUT2D eigenvalue weighted by Crippen LogP contribution is -2.62. The topological polar surface area (TPSA) is 9.72 Å². The van der Waals surface area contributed by atoms with E-state index < -0.39 is 6.85 Å². The van der Waals surface area contributed by atoms with Crippen molar-refractivity contribution in [3.63, 3.8) is 0 Å². The minimum atomic E-state index is -2.43. The number of aryl methyl sites for hydroxylation is 3. The van der Waals surface area contributed by atoms with Gasteiger partial charge in [-0.1, -0.05) is 184 Å². The zero-order chi connectivity index (χ0) is 62.4. The fourth-order valence-electron chi connectivity index (χ4n) is 15.2. The van der Waals surface area contributed by atoms with Crippen molar-refractivity contribution < 1.29 is 4.11 Å². The van der Waals surface area contributed by atoms with Gasteiger partial charge in [-0.05, 0) is 223 Å². The number of anilines is 9. The van der Waals surface area contributed by atoms with Crippen molar-refractivity contribution >= 4 is 106 Å². The first-order valence-electron chi connectivity index (χ1n) is 32.7. The second-order valence-electron chi connectivity index (χ2n) is 31.5. The van der Waals surface area contributed by atoms with Gasteiger partial charge in [-0.3, -0.25) is 0 Å². The molecule has 0 fully saturated rings. The molecule has 5 heteroatoms. The van der Waals surface area contributed by atoms with Crippen molar-refractivity contribution in [3.8, 4) is 0 Å². The third kappa shape index (κ3) is 8.84. The van der Waals surface area contributed by atoms with Gasteiger partial charge in [0.15, 0.2) is 0 Å². The highest BCUT2D eigenvalue weighted by Gasteiger charge is 2.48. The van der Waals surface area contributed by atoms with Crippen LogP contribution in [0.1, 0.15) is 203 Å². The Bertz CT molecular complexity index is 4280. The van der Waals surface area contributed by atoms with Gasteiger partial charge < -0.3 is 14.7 Å². The van der Waals surface area contributed by atoms with Crippen LogP contribution >= 0.6 is 11.3 Å². The van der Waals surface area contributed by atoms with E-state index in [-0.39, 0.29) is 44.6 Å². The SMILES string of the molecule is [2H]C([2H])([2H])c1cc2c3c(c1)N(c1ccc(C(C)(C)C)c4c1sc1ccccc14)c1cc(N(c4ccc(C(C)(C)C)cc4C)c4ccc(C(C)(C)C)cc4C)ccc1B3c1cc3c(cc1N2c1ccc2c(c1)C(C)(C)CCC2(C)C)C(C)(C)CCC3(C)C. The first-order valence-corrected chi connectivity index (χ1v) is 32.0. The number of thiophene rings is 1. The van der Waals surface area contributed by atoms with Crippen LogP contribution in [0.2, 0.25) is 0 Å². The number of benzene rings is 8. The Morgan fingerprint density at radius 2 is 1.04 bits per heavy atom. The van der Waals surface area contributed by atoms with E-state index in [1.54, 1.807) is 0 Å². The first-order chi connectivity index (χ1) is 40.5. The molecule has 1 aromatic heterocycles. The Balaban J connectivity index is 1.18. The zero-order valence-electron chi connectivity index (χ0n) is 56.9. The fourth-order valence-corrected chi connectivity index (χ4v) is 16.4. The average molecular weight is 1130 g/mol. The van der Waals surface area contributed by atoms with E-state index in [0.29, 0.717) is 5.56 Å². The fraction of sp³-hybridized carbons (Fsp3) is 0.392. The van der Waals surface area contributed by atoms with Crippen molar-refractivity contribution in [2.75, 3.05) is 14.7 Å². The maximum absolute atomic E-state index is 9.52. The molecule has 4 aliphatic rings. The van der Waals surface area contributed by atoms with E-state index in [0.717, 1.165) is 82.3 Å².